The zero-order chi connectivity index (χ0) is 11.7. The summed E-state index contributed by atoms with van der Waals surface area (Å²) in [6.07, 6.45) is 2.96. The summed E-state index contributed by atoms with van der Waals surface area (Å²) in [5.74, 6) is 0.554. The van der Waals surface area contributed by atoms with Crippen LogP contribution in [0.5, 0.6) is 0 Å². The molecule has 3 heteroatoms. The second kappa shape index (κ2) is 8.89. The van der Waals surface area contributed by atoms with Crippen molar-refractivity contribution in [1.29, 1.82) is 0 Å². The minimum atomic E-state index is 0.292. The summed E-state index contributed by atoms with van der Waals surface area (Å²) in [5, 5.41) is 0. The Bertz CT molecular complexity index is 160. The first-order valence-corrected chi connectivity index (χ1v) is 5.69. The maximum atomic E-state index is 6.01. The molecule has 3 nitrogen and oxygen atoms in total. The van der Waals surface area contributed by atoms with Gasteiger partial charge in [-0.3, -0.25) is 4.90 Å². The largest absolute Gasteiger partial charge is 0.383 e. The van der Waals surface area contributed by atoms with Crippen LogP contribution in [0, 0.1) is 5.92 Å². The van der Waals surface area contributed by atoms with Gasteiger partial charge in [-0.05, 0) is 12.3 Å². The number of hydrogen-bond donors (Lipinski definition) is 1. The quantitative estimate of drug-likeness (QED) is 0.591. The molecule has 0 saturated carbocycles. The van der Waals surface area contributed by atoms with E-state index >= 15 is 0 Å². The zero-order valence-electron chi connectivity index (χ0n) is 10.4. The highest BCUT2D eigenvalue weighted by atomic mass is 16.5. The molecule has 15 heavy (non-hydrogen) atoms. The number of ether oxygens (including phenoxy) is 1. The third-order valence-corrected chi connectivity index (χ3v) is 2.63. The van der Waals surface area contributed by atoms with Crippen molar-refractivity contribution in [3.8, 4) is 0 Å². The van der Waals surface area contributed by atoms with Crippen LogP contribution in [0.2, 0.25) is 0 Å². The Morgan fingerprint density at radius 3 is 2.53 bits per heavy atom. The van der Waals surface area contributed by atoms with Crippen molar-refractivity contribution in [3.05, 3.63) is 12.7 Å². The molecule has 0 fully saturated rings. The van der Waals surface area contributed by atoms with E-state index in [1.165, 1.54) is 0 Å². The van der Waals surface area contributed by atoms with Gasteiger partial charge in [-0.2, -0.15) is 0 Å². The van der Waals surface area contributed by atoms with Gasteiger partial charge in [-0.25, -0.2) is 0 Å². The Hall–Kier alpha value is -0.380. The predicted molar refractivity (Wildman–Crippen MR) is 65.9 cm³/mol. The minimum Gasteiger partial charge on any atom is -0.383 e. The summed E-state index contributed by atoms with van der Waals surface area (Å²) in [7, 11) is 1.73. The summed E-state index contributed by atoms with van der Waals surface area (Å²) in [4.78, 5) is 2.32. The average Bonchev–Trinajstić information content (AvgIpc) is 2.21. The molecule has 1 atom stereocenters. The molecule has 0 radical (unpaired) electrons. The topological polar surface area (TPSA) is 38.5 Å². The van der Waals surface area contributed by atoms with E-state index in [9.17, 15) is 0 Å². The van der Waals surface area contributed by atoms with E-state index in [1.807, 2.05) is 6.08 Å². The third-order valence-electron chi connectivity index (χ3n) is 2.63. The molecule has 0 aromatic heterocycles. The fourth-order valence-electron chi connectivity index (χ4n) is 1.36. The van der Waals surface area contributed by atoms with Gasteiger partial charge < -0.3 is 10.5 Å². The van der Waals surface area contributed by atoms with Crippen molar-refractivity contribution in [2.45, 2.75) is 26.3 Å². The first kappa shape index (κ1) is 14.6. The van der Waals surface area contributed by atoms with E-state index in [2.05, 4.69) is 25.3 Å². The number of rotatable bonds is 9. The Balaban J connectivity index is 3.78. The molecule has 0 amide bonds. The first-order valence-electron chi connectivity index (χ1n) is 5.69. The number of nitrogens with zero attached hydrogens (tertiary/aromatic N) is 1. The summed E-state index contributed by atoms with van der Waals surface area (Å²) < 4.78 is 5.07. The number of hydrogen-bond acceptors (Lipinski definition) is 3. The van der Waals surface area contributed by atoms with Gasteiger partial charge in [0.2, 0.25) is 0 Å². The van der Waals surface area contributed by atoms with Crippen LogP contribution in [0.1, 0.15) is 20.3 Å². The molecule has 0 spiro atoms. The van der Waals surface area contributed by atoms with Gasteiger partial charge in [0.05, 0.1) is 6.61 Å². The van der Waals surface area contributed by atoms with Crippen LogP contribution in [-0.4, -0.2) is 44.3 Å². The molecule has 0 aromatic carbocycles. The van der Waals surface area contributed by atoms with E-state index in [-0.39, 0.29) is 0 Å². The normalized spacial score (nSPS) is 13.5. The summed E-state index contributed by atoms with van der Waals surface area (Å²) in [5.41, 5.74) is 6.01. The van der Waals surface area contributed by atoms with Gasteiger partial charge in [0.1, 0.15) is 0 Å². The molecule has 0 aliphatic rings. The van der Waals surface area contributed by atoms with Crippen molar-refractivity contribution in [2.24, 2.45) is 11.7 Å². The Kier molecular flexibility index (Phi) is 8.67. The SMILES string of the molecule is C=CCN(CCOC)CCC(N)C(C)C. The second-order valence-electron chi connectivity index (χ2n) is 4.28. The van der Waals surface area contributed by atoms with Crippen LogP contribution in [0.4, 0.5) is 0 Å². The van der Waals surface area contributed by atoms with Gasteiger partial charge in [0, 0.05) is 32.8 Å². The van der Waals surface area contributed by atoms with Gasteiger partial charge in [-0.1, -0.05) is 19.9 Å². The molecule has 0 heterocycles. The lowest BCUT2D eigenvalue weighted by atomic mass is 10.0. The molecule has 1 unspecified atom stereocenters. The van der Waals surface area contributed by atoms with E-state index in [4.69, 9.17) is 10.5 Å². The highest BCUT2D eigenvalue weighted by molar-refractivity contribution is 4.75. The van der Waals surface area contributed by atoms with Gasteiger partial charge in [-0.15, -0.1) is 6.58 Å². The molecule has 0 aliphatic carbocycles. The fourth-order valence-corrected chi connectivity index (χ4v) is 1.36. The third kappa shape index (κ3) is 7.54. The molecule has 0 aromatic rings. The fraction of sp³-hybridized carbons (Fsp3) is 0.833. The van der Waals surface area contributed by atoms with Crippen LogP contribution in [0.15, 0.2) is 12.7 Å². The van der Waals surface area contributed by atoms with E-state index in [1.54, 1.807) is 7.11 Å². The Morgan fingerprint density at radius 2 is 2.07 bits per heavy atom. The Labute approximate surface area is 94.3 Å². The summed E-state index contributed by atoms with van der Waals surface area (Å²) in [6, 6.07) is 0.292. The lowest BCUT2D eigenvalue weighted by Gasteiger charge is -2.23. The van der Waals surface area contributed by atoms with Gasteiger partial charge in [0.25, 0.3) is 0 Å². The number of methoxy groups -OCH3 is 1. The van der Waals surface area contributed by atoms with Gasteiger partial charge in [0.15, 0.2) is 0 Å². The van der Waals surface area contributed by atoms with Crippen LogP contribution < -0.4 is 5.73 Å². The lowest BCUT2D eigenvalue weighted by molar-refractivity contribution is 0.151. The molecule has 0 bridgehead atoms. The van der Waals surface area contributed by atoms with Crippen molar-refractivity contribution in [3.63, 3.8) is 0 Å². The van der Waals surface area contributed by atoms with Gasteiger partial charge >= 0.3 is 0 Å². The molecule has 0 rings (SSSR count). The van der Waals surface area contributed by atoms with Crippen molar-refractivity contribution in [2.75, 3.05) is 33.4 Å². The summed E-state index contributed by atoms with van der Waals surface area (Å²) in [6.45, 7) is 11.7. The van der Waals surface area contributed by atoms with E-state index in [0.717, 1.165) is 32.7 Å². The molecule has 0 saturated heterocycles. The minimum absolute atomic E-state index is 0.292. The average molecular weight is 214 g/mol. The molecular formula is C12H26N2O. The van der Waals surface area contributed by atoms with Crippen LogP contribution in [0.3, 0.4) is 0 Å². The van der Waals surface area contributed by atoms with Crippen LogP contribution >= 0.6 is 0 Å². The maximum Gasteiger partial charge on any atom is 0.0589 e. The highest BCUT2D eigenvalue weighted by Gasteiger charge is 2.09. The zero-order valence-corrected chi connectivity index (χ0v) is 10.4. The predicted octanol–water partition coefficient (Wildman–Crippen LogP) is 1.49. The van der Waals surface area contributed by atoms with E-state index < -0.39 is 0 Å². The van der Waals surface area contributed by atoms with Crippen molar-refractivity contribution in [1.82, 2.24) is 4.90 Å². The Morgan fingerprint density at radius 1 is 1.40 bits per heavy atom. The molecule has 90 valence electrons. The summed E-state index contributed by atoms with van der Waals surface area (Å²) >= 11 is 0. The van der Waals surface area contributed by atoms with Crippen molar-refractivity contribution < 1.29 is 4.74 Å². The molecular weight excluding hydrogens is 188 g/mol. The van der Waals surface area contributed by atoms with E-state index in [0.29, 0.717) is 12.0 Å². The first-order chi connectivity index (χ1) is 7.11. The molecule has 2 N–H and O–H groups in total. The highest BCUT2D eigenvalue weighted by Crippen LogP contribution is 2.04. The lowest BCUT2D eigenvalue weighted by Crippen LogP contribution is -2.35. The van der Waals surface area contributed by atoms with Crippen LogP contribution in [0.25, 0.3) is 0 Å². The smallest absolute Gasteiger partial charge is 0.0589 e. The maximum absolute atomic E-state index is 6.01. The second-order valence-corrected chi connectivity index (χ2v) is 4.28. The van der Waals surface area contributed by atoms with Crippen LogP contribution in [-0.2, 0) is 4.74 Å². The number of nitrogens with two attached hydrogens (primary N) is 1. The molecule has 0 aliphatic heterocycles. The monoisotopic (exact) mass is 214 g/mol. The standard InChI is InChI=1S/C12H26N2O/c1-5-7-14(9-10-15-4)8-6-12(13)11(2)3/h5,11-12H,1,6-10,13H2,2-4H3. The van der Waals surface area contributed by atoms with Crippen molar-refractivity contribution >= 4 is 0 Å².